The maximum Gasteiger partial charge on any atom is 0.131 e. The van der Waals surface area contributed by atoms with Gasteiger partial charge in [0.25, 0.3) is 0 Å². The minimum absolute atomic E-state index is 0.0303. The van der Waals surface area contributed by atoms with E-state index in [4.69, 9.17) is 15.0 Å². The van der Waals surface area contributed by atoms with E-state index >= 15 is 0 Å². The highest BCUT2D eigenvalue weighted by Crippen LogP contribution is 2.35. The lowest BCUT2D eigenvalue weighted by atomic mass is 9.84. The van der Waals surface area contributed by atoms with Crippen LogP contribution in [0.25, 0.3) is 22.6 Å². The monoisotopic (exact) mass is 548 g/mol. The molecule has 0 spiro atoms. The maximum atomic E-state index is 5.09. The molecule has 0 amide bonds. The number of hydrogen-bond acceptors (Lipinski definition) is 4. The van der Waals surface area contributed by atoms with Crippen LogP contribution in [0.1, 0.15) is 105 Å². The molecule has 3 aromatic heterocycles. The van der Waals surface area contributed by atoms with E-state index < -0.39 is 0 Å². The average Bonchev–Trinajstić information content (AvgIpc) is 2.86. The van der Waals surface area contributed by atoms with Gasteiger partial charge in [0.1, 0.15) is 5.82 Å². The minimum atomic E-state index is -0.0501. The molecule has 0 aliphatic rings. The summed E-state index contributed by atoms with van der Waals surface area (Å²) in [5.74, 6) is 0.809. The lowest BCUT2D eigenvalue weighted by Gasteiger charge is -2.24. The number of benzene rings is 1. The van der Waals surface area contributed by atoms with Gasteiger partial charge in [-0.15, -0.1) is 0 Å². The van der Waals surface area contributed by atoms with Crippen LogP contribution in [0.5, 0.6) is 0 Å². The summed E-state index contributed by atoms with van der Waals surface area (Å²) in [4.78, 5) is 14.6. The highest BCUT2D eigenvalue weighted by molar-refractivity contribution is 5.71. The minimum Gasteiger partial charge on any atom is -0.340 e. The molecule has 0 aliphatic heterocycles. The normalized spacial score (nSPS) is 12.9. The molecule has 0 radical (unpaired) electrons. The second-order valence-electron chi connectivity index (χ2n) is 15.4. The number of hydrogen-bond donors (Lipinski definition) is 1. The molecular weight excluding hydrogens is 500 g/mol. The van der Waals surface area contributed by atoms with Gasteiger partial charge < -0.3 is 5.32 Å². The lowest BCUT2D eigenvalue weighted by molar-refractivity contribution is 0.588. The number of nitrogens with zero attached hydrogens (tertiary/aromatic N) is 3. The average molecular weight is 549 g/mol. The third-order valence-corrected chi connectivity index (χ3v) is 7.57. The van der Waals surface area contributed by atoms with Gasteiger partial charge in [0.2, 0.25) is 0 Å². The highest BCUT2D eigenvalue weighted by Gasteiger charge is 2.21. The van der Waals surface area contributed by atoms with E-state index in [1.54, 1.807) is 0 Å². The van der Waals surface area contributed by atoms with E-state index in [-0.39, 0.29) is 21.7 Å². The van der Waals surface area contributed by atoms with Gasteiger partial charge >= 0.3 is 0 Å². The zero-order valence-corrected chi connectivity index (χ0v) is 27.2. The van der Waals surface area contributed by atoms with E-state index in [1.165, 1.54) is 22.3 Å². The summed E-state index contributed by atoms with van der Waals surface area (Å²) in [6.45, 7) is 26.9. The molecule has 4 heteroatoms. The highest BCUT2D eigenvalue weighted by atomic mass is 15.0. The van der Waals surface area contributed by atoms with Crippen LogP contribution >= 0.6 is 0 Å². The van der Waals surface area contributed by atoms with Crippen LogP contribution < -0.4 is 5.32 Å². The van der Waals surface area contributed by atoms with E-state index in [1.807, 2.05) is 12.4 Å². The first-order valence-electron chi connectivity index (χ1n) is 14.7. The summed E-state index contributed by atoms with van der Waals surface area (Å²) >= 11 is 0. The van der Waals surface area contributed by atoms with E-state index in [0.717, 1.165) is 34.2 Å². The van der Waals surface area contributed by atoms with Crippen LogP contribution in [0.2, 0.25) is 0 Å². The van der Waals surface area contributed by atoms with Crippen molar-refractivity contribution in [3.63, 3.8) is 0 Å². The fourth-order valence-electron chi connectivity index (χ4n) is 4.68. The van der Waals surface area contributed by atoms with Crippen molar-refractivity contribution >= 4 is 11.5 Å². The molecule has 0 saturated carbocycles. The fourth-order valence-corrected chi connectivity index (χ4v) is 4.68. The molecule has 41 heavy (non-hydrogen) atoms. The van der Waals surface area contributed by atoms with Gasteiger partial charge in [-0.05, 0) is 98.5 Å². The molecule has 3 heterocycles. The Balaban J connectivity index is 1.84. The van der Waals surface area contributed by atoms with Gasteiger partial charge in [0, 0.05) is 23.6 Å². The molecular formula is C37H48N4. The van der Waals surface area contributed by atoms with Crippen LogP contribution in [-0.4, -0.2) is 15.0 Å². The third-order valence-electron chi connectivity index (χ3n) is 7.57. The summed E-state index contributed by atoms with van der Waals surface area (Å²) in [5, 5.41) is 3.67. The predicted octanol–water partition coefficient (Wildman–Crippen LogP) is 10.1. The first kappa shape index (κ1) is 30.4. The number of pyridine rings is 3. The first-order chi connectivity index (χ1) is 18.8. The number of nitrogens with one attached hydrogen (secondary N) is 1. The molecule has 1 aromatic carbocycles. The SMILES string of the molecule is CC(C)(C)c1cc(Nc2cc(C(C)(C)C)cc(-c3cc(C(C)(C)C)ccn3)n2)cc(-c2cc(C(C)(C)C)ccn2)c1. The van der Waals surface area contributed by atoms with Crippen molar-refractivity contribution < 1.29 is 0 Å². The Morgan fingerprint density at radius 1 is 0.463 bits per heavy atom. The van der Waals surface area contributed by atoms with E-state index in [2.05, 4.69) is 143 Å². The van der Waals surface area contributed by atoms with Crippen molar-refractivity contribution in [1.29, 1.82) is 0 Å². The zero-order valence-electron chi connectivity index (χ0n) is 27.2. The van der Waals surface area contributed by atoms with Gasteiger partial charge in [0.15, 0.2) is 0 Å². The van der Waals surface area contributed by atoms with Crippen LogP contribution in [0.4, 0.5) is 11.5 Å². The molecule has 4 nitrogen and oxygen atoms in total. The second kappa shape index (κ2) is 10.7. The summed E-state index contributed by atoms with van der Waals surface area (Å²) in [6.07, 6.45) is 3.82. The Morgan fingerprint density at radius 3 is 1.46 bits per heavy atom. The maximum absolute atomic E-state index is 5.09. The van der Waals surface area contributed by atoms with E-state index in [9.17, 15) is 0 Å². The van der Waals surface area contributed by atoms with Crippen molar-refractivity contribution in [2.75, 3.05) is 5.32 Å². The van der Waals surface area contributed by atoms with Crippen LogP contribution in [0.3, 0.4) is 0 Å². The molecule has 0 unspecified atom stereocenters. The van der Waals surface area contributed by atoms with Gasteiger partial charge in [0.05, 0.1) is 17.1 Å². The van der Waals surface area contributed by atoms with Gasteiger partial charge in [-0.1, -0.05) is 83.1 Å². The molecule has 0 bridgehead atoms. The fraction of sp³-hybridized carbons (Fsp3) is 0.432. The van der Waals surface area contributed by atoms with Gasteiger partial charge in [-0.3, -0.25) is 9.97 Å². The smallest absolute Gasteiger partial charge is 0.131 e. The predicted molar refractivity (Wildman–Crippen MR) is 175 cm³/mol. The molecule has 0 fully saturated rings. The Morgan fingerprint density at radius 2 is 0.927 bits per heavy atom. The molecule has 0 saturated heterocycles. The van der Waals surface area contributed by atoms with E-state index in [0.29, 0.717) is 0 Å². The number of anilines is 2. The third kappa shape index (κ3) is 7.41. The van der Waals surface area contributed by atoms with Crippen molar-refractivity contribution in [3.8, 4) is 22.6 Å². The summed E-state index contributed by atoms with van der Waals surface area (Å²) in [7, 11) is 0. The van der Waals surface area contributed by atoms with Crippen LogP contribution in [0, 0.1) is 0 Å². The van der Waals surface area contributed by atoms with Crippen molar-refractivity contribution in [1.82, 2.24) is 15.0 Å². The van der Waals surface area contributed by atoms with Crippen LogP contribution in [-0.2, 0) is 21.7 Å². The topological polar surface area (TPSA) is 50.7 Å². The Kier molecular flexibility index (Phi) is 7.94. The van der Waals surface area contributed by atoms with Crippen molar-refractivity contribution in [2.24, 2.45) is 0 Å². The van der Waals surface area contributed by atoms with Crippen molar-refractivity contribution in [3.05, 3.63) is 89.2 Å². The Hall–Kier alpha value is -3.53. The Bertz CT molecular complexity index is 1420. The largest absolute Gasteiger partial charge is 0.340 e. The summed E-state index contributed by atoms with van der Waals surface area (Å²) < 4.78 is 0. The van der Waals surface area contributed by atoms with Crippen molar-refractivity contribution in [2.45, 2.75) is 105 Å². The number of aromatic nitrogens is 3. The first-order valence-corrected chi connectivity index (χ1v) is 14.7. The summed E-state index contributed by atoms with van der Waals surface area (Å²) in [5.41, 5.74) is 9.79. The van der Waals surface area contributed by atoms with Gasteiger partial charge in [-0.2, -0.15) is 0 Å². The standard InChI is InChI=1S/C37H48N4/c1-34(2,3)25-13-15-38-30(20-25)24-17-27(36(7,8)9)19-29(18-24)40-33-23-28(37(10,11)12)22-32(41-33)31-21-26(14-16-39-31)35(4,5)6/h13-23H,1-12H3,(H,40,41). The quantitative estimate of drug-likeness (QED) is 0.276. The van der Waals surface area contributed by atoms with Gasteiger partial charge in [-0.25, -0.2) is 4.98 Å². The summed E-state index contributed by atoms with van der Waals surface area (Å²) in [6, 6.07) is 19.6. The molecule has 216 valence electrons. The number of rotatable bonds is 4. The molecule has 4 rings (SSSR count). The molecule has 4 aromatic rings. The lowest BCUT2D eigenvalue weighted by Crippen LogP contribution is -2.14. The molecule has 0 aliphatic carbocycles. The molecule has 1 N–H and O–H groups in total. The zero-order chi connectivity index (χ0) is 30.4. The van der Waals surface area contributed by atoms with Crippen LogP contribution in [0.15, 0.2) is 67.0 Å². The second-order valence-corrected chi connectivity index (χ2v) is 15.4. The Labute approximate surface area is 248 Å². The molecule has 0 atom stereocenters.